The van der Waals surface area contributed by atoms with Crippen molar-refractivity contribution >= 4 is 5.91 Å². The van der Waals surface area contributed by atoms with Gasteiger partial charge in [0, 0.05) is 12.6 Å². The maximum Gasteiger partial charge on any atom is 0.224 e. The molecular weight excluding hydrogens is 235 g/mol. The Labute approximate surface area is 106 Å². The third-order valence-electron chi connectivity index (χ3n) is 2.58. The van der Waals surface area contributed by atoms with Crippen LogP contribution in [0.2, 0.25) is 0 Å². The van der Waals surface area contributed by atoms with Gasteiger partial charge in [-0.05, 0) is 38.0 Å². The molecule has 0 heterocycles. The first kappa shape index (κ1) is 14.4. The summed E-state index contributed by atoms with van der Waals surface area (Å²) in [5, 5.41) is 11.9. The molecule has 1 rings (SSSR count). The molecule has 4 N–H and O–H groups in total. The van der Waals surface area contributed by atoms with Gasteiger partial charge in [0.2, 0.25) is 5.91 Å². The van der Waals surface area contributed by atoms with Crippen LogP contribution in [0.1, 0.15) is 19.4 Å². The van der Waals surface area contributed by atoms with Gasteiger partial charge in [-0.15, -0.1) is 0 Å². The summed E-state index contributed by atoms with van der Waals surface area (Å²) in [4.78, 5) is 11.8. The molecule has 0 saturated carbocycles. The van der Waals surface area contributed by atoms with Crippen molar-refractivity contribution in [1.29, 1.82) is 0 Å². The van der Waals surface area contributed by atoms with Gasteiger partial charge >= 0.3 is 0 Å². The largest absolute Gasteiger partial charge is 0.505 e. The Morgan fingerprint density at radius 2 is 2.17 bits per heavy atom. The van der Waals surface area contributed by atoms with Crippen molar-refractivity contribution in [2.75, 3.05) is 6.54 Å². The number of hydrogen-bond donors (Lipinski definition) is 3. The number of hydrogen-bond acceptors (Lipinski definition) is 3. The van der Waals surface area contributed by atoms with E-state index in [0.717, 1.165) is 0 Å². The van der Waals surface area contributed by atoms with Gasteiger partial charge in [-0.2, -0.15) is 0 Å². The predicted octanol–water partition coefficient (Wildman–Crippen LogP) is 1.17. The summed E-state index contributed by atoms with van der Waals surface area (Å²) in [7, 11) is 0. The average Bonchev–Trinajstić information content (AvgIpc) is 2.29. The molecule has 0 aromatic heterocycles. The van der Waals surface area contributed by atoms with Gasteiger partial charge in [0.15, 0.2) is 11.6 Å². The van der Waals surface area contributed by atoms with E-state index in [1.54, 1.807) is 6.07 Å². The monoisotopic (exact) mass is 254 g/mol. The van der Waals surface area contributed by atoms with Crippen LogP contribution in [-0.4, -0.2) is 23.6 Å². The van der Waals surface area contributed by atoms with E-state index in [1.807, 2.05) is 13.8 Å². The van der Waals surface area contributed by atoms with Gasteiger partial charge in [0.05, 0.1) is 5.92 Å². The van der Waals surface area contributed by atoms with Gasteiger partial charge in [-0.3, -0.25) is 4.79 Å². The standard InChI is InChI=1S/C13H19FN2O2/c1-8(2)16-13(18)10(7-15)5-9-3-4-12(17)11(14)6-9/h3-4,6,8,10,17H,5,7,15H2,1-2H3,(H,16,18). The van der Waals surface area contributed by atoms with E-state index in [4.69, 9.17) is 10.8 Å². The Morgan fingerprint density at radius 3 is 2.67 bits per heavy atom. The third-order valence-corrected chi connectivity index (χ3v) is 2.58. The van der Waals surface area contributed by atoms with Gasteiger partial charge in [-0.1, -0.05) is 6.07 Å². The van der Waals surface area contributed by atoms with Gasteiger partial charge in [-0.25, -0.2) is 4.39 Å². The Hall–Kier alpha value is -1.62. The number of nitrogens with two attached hydrogens (primary N) is 1. The predicted molar refractivity (Wildman–Crippen MR) is 67.6 cm³/mol. The van der Waals surface area contributed by atoms with Crippen molar-refractivity contribution in [2.24, 2.45) is 11.7 Å². The Balaban J connectivity index is 2.73. The highest BCUT2D eigenvalue weighted by molar-refractivity contribution is 5.79. The number of aromatic hydroxyl groups is 1. The number of benzene rings is 1. The van der Waals surface area contributed by atoms with Crippen molar-refractivity contribution < 1.29 is 14.3 Å². The zero-order valence-corrected chi connectivity index (χ0v) is 10.6. The second-order valence-electron chi connectivity index (χ2n) is 4.59. The second kappa shape index (κ2) is 6.35. The van der Waals surface area contributed by atoms with Crippen molar-refractivity contribution in [3.05, 3.63) is 29.6 Å². The zero-order chi connectivity index (χ0) is 13.7. The van der Waals surface area contributed by atoms with Crippen LogP contribution in [0.3, 0.4) is 0 Å². The van der Waals surface area contributed by atoms with E-state index < -0.39 is 17.5 Å². The zero-order valence-electron chi connectivity index (χ0n) is 10.6. The van der Waals surface area contributed by atoms with Crippen LogP contribution in [0.4, 0.5) is 4.39 Å². The average molecular weight is 254 g/mol. The molecule has 4 nitrogen and oxygen atoms in total. The van der Waals surface area contributed by atoms with Crippen molar-refractivity contribution in [3.8, 4) is 5.75 Å². The number of halogens is 1. The fraction of sp³-hybridized carbons (Fsp3) is 0.462. The van der Waals surface area contributed by atoms with E-state index in [1.165, 1.54) is 12.1 Å². The smallest absolute Gasteiger partial charge is 0.224 e. The minimum atomic E-state index is -0.687. The van der Waals surface area contributed by atoms with Crippen molar-refractivity contribution in [2.45, 2.75) is 26.3 Å². The highest BCUT2D eigenvalue weighted by Crippen LogP contribution is 2.18. The summed E-state index contributed by atoms with van der Waals surface area (Å²) in [6.07, 6.45) is 0.353. The highest BCUT2D eigenvalue weighted by atomic mass is 19.1. The quantitative estimate of drug-likeness (QED) is 0.738. The Bertz CT molecular complexity index is 421. The maximum atomic E-state index is 13.2. The third kappa shape index (κ3) is 4.00. The maximum absolute atomic E-state index is 13.2. The molecule has 1 unspecified atom stereocenters. The summed E-state index contributed by atoms with van der Waals surface area (Å²) in [6, 6.07) is 4.13. The van der Waals surface area contributed by atoms with E-state index >= 15 is 0 Å². The van der Waals surface area contributed by atoms with Crippen LogP contribution in [0.25, 0.3) is 0 Å². The van der Waals surface area contributed by atoms with Crippen molar-refractivity contribution in [3.63, 3.8) is 0 Å². The number of rotatable bonds is 5. The minimum absolute atomic E-state index is 0.0445. The lowest BCUT2D eigenvalue weighted by Gasteiger charge is -2.17. The highest BCUT2D eigenvalue weighted by Gasteiger charge is 2.18. The molecule has 18 heavy (non-hydrogen) atoms. The minimum Gasteiger partial charge on any atom is -0.505 e. The summed E-state index contributed by atoms with van der Waals surface area (Å²) in [6.45, 7) is 3.93. The summed E-state index contributed by atoms with van der Waals surface area (Å²) < 4.78 is 13.2. The molecule has 0 aliphatic rings. The first-order valence-corrected chi connectivity index (χ1v) is 5.92. The number of amides is 1. The van der Waals surface area contributed by atoms with Gasteiger partial charge in [0.25, 0.3) is 0 Å². The SMILES string of the molecule is CC(C)NC(=O)C(CN)Cc1ccc(O)c(F)c1. The summed E-state index contributed by atoms with van der Waals surface area (Å²) in [5.74, 6) is -1.61. The molecule has 1 amide bonds. The molecule has 0 aliphatic heterocycles. The molecule has 1 atom stereocenters. The lowest BCUT2D eigenvalue weighted by molar-refractivity contribution is -0.125. The van der Waals surface area contributed by atoms with E-state index in [-0.39, 0.29) is 18.5 Å². The Kier molecular flexibility index (Phi) is 5.09. The molecule has 0 bridgehead atoms. The lowest BCUT2D eigenvalue weighted by Crippen LogP contribution is -2.39. The van der Waals surface area contributed by atoms with E-state index in [9.17, 15) is 9.18 Å². The van der Waals surface area contributed by atoms with Gasteiger partial charge < -0.3 is 16.2 Å². The molecule has 1 aromatic rings. The molecule has 0 radical (unpaired) electrons. The molecule has 0 fully saturated rings. The molecular formula is C13H19FN2O2. The van der Waals surface area contributed by atoms with E-state index in [0.29, 0.717) is 12.0 Å². The second-order valence-corrected chi connectivity index (χ2v) is 4.59. The van der Waals surface area contributed by atoms with Crippen LogP contribution in [0.15, 0.2) is 18.2 Å². The number of carbonyl (C=O) groups excluding carboxylic acids is 1. The molecule has 0 aliphatic carbocycles. The summed E-state index contributed by atoms with van der Waals surface area (Å²) in [5.41, 5.74) is 6.20. The molecule has 100 valence electrons. The van der Waals surface area contributed by atoms with Crippen LogP contribution >= 0.6 is 0 Å². The normalized spacial score (nSPS) is 12.5. The fourth-order valence-corrected chi connectivity index (χ4v) is 1.65. The molecule has 0 spiro atoms. The van der Waals surface area contributed by atoms with Crippen LogP contribution in [0, 0.1) is 11.7 Å². The van der Waals surface area contributed by atoms with E-state index in [2.05, 4.69) is 5.32 Å². The number of phenols is 1. The van der Waals surface area contributed by atoms with Crippen molar-refractivity contribution in [1.82, 2.24) is 5.32 Å². The van der Waals surface area contributed by atoms with Crippen LogP contribution in [-0.2, 0) is 11.2 Å². The molecule has 0 saturated heterocycles. The fourth-order valence-electron chi connectivity index (χ4n) is 1.65. The van der Waals surface area contributed by atoms with Gasteiger partial charge in [0.1, 0.15) is 0 Å². The Morgan fingerprint density at radius 1 is 1.50 bits per heavy atom. The first-order valence-electron chi connectivity index (χ1n) is 5.92. The lowest BCUT2D eigenvalue weighted by atomic mass is 9.98. The number of phenolic OH excluding ortho intramolecular Hbond substituents is 1. The molecule has 5 heteroatoms. The summed E-state index contributed by atoms with van der Waals surface area (Å²) >= 11 is 0. The van der Waals surface area contributed by atoms with Crippen LogP contribution < -0.4 is 11.1 Å². The number of nitrogens with one attached hydrogen (secondary N) is 1. The van der Waals surface area contributed by atoms with Crippen LogP contribution in [0.5, 0.6) is 5.75 Å². The first-order chi connectivity index (χ1) is 8.43. The number of carbonyl (C=O) groups is 1. The molecule has 1 aromatic carbocycles. The topological polar surface area (TPSA) is 75.4 Å².